The van der Waals surface area contributed by atoms with Crippen molar-refractivity contribution in [3.8, 4) is 12.3 Å². The number of nitrogens with two attached hydrogens (primary N) is 1. The zero-order valence-electron chi connectivity index (χ0n) is 10.5. The van der Waals surface area contributed by atoms with Gasteiger partial charge in [0.05, 0.1) is 12.9 Å². The lowest BCUT2D eigenvalue weighted by Crippen LogP contribution is -2.41. The summed E-state index contributed by atoms with van der Waals surface area (Å²) in [4.78, 5) is 12.1. The first kappa shape index (κ1) is 12.8. The number of aromatic nitrogens is 4. The number of hydrogen-bond acceptors (Lipinski definition) is 7. The summed E-state index contributed by atoms with van der Waals surface area (Å²) in [6, 6.07) is 0. The van der Waals surface area contributed by atoms with Crippen LogP contribution in [0.15, 0.2) is 12.7 Å². The first-order chi connectivity index (χ1) is 9.61. The fourth-order valence-corrected chi connectivity index (χ4v) is 2.32. The van der Waals surface area contributed by atoms with Crippen molar-refractivity contribution in [3.05, 3.63) is 12.7 Å². The van der Waals surface area contributed by atoms with E-state index in [2.05, 4.69) is 20.9 Å². The van der Waals surface area contributed by atoms with Crippen LogP contribution in [0.5, 0.6) is 0 Å². The topological polar surface area (TPSA) is 119 Å². The van der Waals surface area contributed by atoms with Gasteiger partial charge in [0.25, 0.3) is 0 Å². The third-order valence-corrected chi connectivity index (χ3v) is 3.49. The van der Waals surface area contributed by atoms with Crippen LogP contribution in [-0.4, -0.2) is 48.0 Å². The average Bonchev–Trinajstić information content (AvgIpc) is 3.01. The van der Waals surface area contributed by atoms with Crippen molar-refractivity contribution in [1.82, 2.24) is 19.5 Å². The molecule has 0 radical (unpaired) electrons. The molecule has 1 aliphatic rings. The Morgan fingerprint density at radius 2 is 2.35 bits per heavy atom. The smallest absolute Gasteiger partial charge is 0.179 e. The van der Waals surface area contributed by atoms with E-state index in [0.29, 0.717) is 11.2 Å². The number of aliphatic hydroxyl groups is 2. The number of nitrogens with zero attached hydrogens (tertiary/aromatic N) is 4. The standard InChI is InChI=1S/C12H13N5O3/c1-2-12(4-18)7(19)3-8(20-12)17-6-16-9-10(13)14-5-15-11(9)17/h1,5-8,18-19H,3-4H2,(H2,13,14,15)/t7-,8-,12+/m0/s1. The van der Waals surface area contributed by atoms with Crippen molar-refractivity contribution >= 4 is 17.0 Å². The Morgan fingerprint density at radius 1 is 1.55 bits per heavy atom. The van der Waals surface area contributed by atoms with Crippen LogP contribution >= 0.6 is 0 Å². The average molecular weight is 275 g/mol. The van der Waals surface area contributed by atoms with E-state index in [0.717, 1.165) is 0 Å². The zero-order valence-corrected chi connectivity index (χ0v) is 10.5. The highest BCUT2D eigenvalue weighted by Gasteiger charge is 2.47. The summed E-state index contributed by atoms with van der Waals surface area (Å²) in [7, 11) is 0. The molecule has 104 valence electrons. The minimum Gasteiger partial charge on any atom is -0.392 e. The van der Waals surface area contributed by atoms with E-state index < -0.39 is 24.5 Å². The molecule has 1 fully saturated rings. The van der Waals surface area contributed by atoms with Gasteiger partial charge in [-0.25, -0.2) is 15.0 Å². The van der Waals surface area contributed by atoms with Crippen LogP contribution in [0.25, 0.3) is 11.2 Å². The van der Waals surface area contributed by atoms with E-state index in [1.807, 2.05) is 0 Å². The minimum absolute atomic E-state index is 0.222. The second-order valence-corrected chi connectivity index (χ2v) is 4.60. The lowest BCUT2D eigenvalue weighted by Gasteiger charge is -2.23. The molecular formula is C12H13N5O3. The summed E-state index contributed by atoms with van der Waals surface area (Å²) in [6.45, 7) is -0.467. The number of ether oxygens (including phenoxy) is 1. The molecule has 20 heavy (non-hydrogen) atoms. The molecule has 2 aromatic rings. The highest BCUT2D eigenvalue weighted by molar-refractivity contribution is 5.81. The molecule has 3 atom stereocenters. The largest absolute Gasteiger partial charge is 0.392 e. The molecule has 3 heterocycles. The normalized spacial score (nSPS) is 29.6. The quantitative estimate of drug-likeness (QED) is 0.604. The molecule has 0 unspecified atom stereocenters. The third-order valence-electron chi connectivity index (χ3n) is 3.49. The predicted molar refractivity (Wildman–Crippen MR) is 69.1 cm³/mol. The maximum Gasteiger partial charge on any atom is 0.179 e. The summed E-state index contributed by atoms with van der Waals surface area (Å²) in [6.07, 6.45) is 6.85. The van der Waals surface area contributed by atoms with Gasteiger partial charge in [0.2, 0.25) is 0 Å². The Morgan fingerprint density at radius 3 is 3.00 bits per heavy atom. The Bertz CT molecular complexity index is 694. The predicted octanol–water partition coefficient (Wildman–Crippen LogP) is -0.947. The van der Waals surface area contributed by atoms with Crippen molar-refractivity contribution in [1.29, 1.82) is 0 Å². The number of hydrogen-bond donors (Lipinski definition) is 3. The second kappa shape index (κ2) is 4.42. The van der Waals surface area contributed by atoms with E-state index in [1.165, 1.54) is 12.7 Å². The van der Waals surface area contributed by atoms with Crippen molar-refractivity contribution in [3.63, 3.8) is 0 Å². The van der Waals surface area contributed by atoms with Crippen LogP contribution in [0, 0.1) is 12.3 Å². The van der Waals surface area contributed by atoms with Gasteiger partial charge in [-0.05, 0) is 0 Å². The summed E-state index contributed by atoms with van der Waals surface area (Å²) >= 11 is 0. The lowest BCUT2D eigenvalue weighted by molar-refractivity contribution is -0.0891. The number of nitrogen functional groups attached to an aromatic ring is 1. The number of anilines is 1. The molecule has 3 rings (SSSR count). The number of terminal acetylenes is 1. The second-order valence-electron chi connectivity index (χ2n) is 4.60. The molecule has 8 nitrogen and oxygen atoms in total. The van der Waals surface area contributed by atoms with Gasteiger partial charge >= 0.3 is 0 Å². The molecule has 0 aliphatic carbocycles. The van der Waals surface area contributed by atoms with Gasteiger partial charge in [-0.3, -0.25) is 4.57 Å². The monoisotopic (exact) mass is 275 g/mol. The van der Waals surface area contributed by atoms with E-state index >= 15 is 0 Å². The zero-order chi connectivity index (χ0) is 14.3. The number of rotatable bonds is 2. The number of aliphatic hydroxyl groups excluding tert-OH is 2. The Balaban J connectivity index is 2.02. The fraction of sp³-hybridized carbons (Fsp3) is 0.417. The number of imidazole rings is 1. The van der Waals surface area contributed by atoms with Crippen molar-refractivity contribution < 1.29 is 14.9 Å². The Labute approximate surface area is 114 Å². The highest BCUT2D eigenvalue weighted by Crippen LogP contribution is 2.37. The van der Waals surface area contributed by atoms with E-state index in [4.69, 9.17) is 16.9 Å². The van der Waals surface area contributed by atoms with Gasteiger partial charge in [0.15, 0.2) is 17.1 Å². The van der Waals surface area contributed by atoms with Crippen LogP contribution < -0.4 is 5.73 Å². The molecule has 0 bridgehead atoms. The van der Waals surface area contributed by atoms with Crippen LogP contribution in [0.4, 0.5) is 5.82 Å². The van der Waals surface area contributed by atoms with Gasteiger partial charge < -0.3 is 20.7 Å². The van der Waals surface area contributed by atoms with Gasteiger partial charge in [-0.15, -0.1) is 6.42 Å². The van der Waals surface area contributed by atoms with Crippen LogP contribution in [0.3, 0.4) is 0 Å². The summed E-state index contributed by atoms with van der Waals surface area (Å²) < 4.78 is 7.25. The van der Waals surface area contributed by atoms with Gasteiger partial charge in [-0.1, -0.05) is 5.92 Å². The lowest BCUT2D eigenvalue weighted by atomic mass is 9.99. The molecule has 1 saturated heterocycles. The highest BCUT2D eigenvalue weighted by atomic mass is 16.6. The summed E-state index contributed by atoms with van der Waals surface area (Å²) in [5.41, 5.74) is 5.25. The molecule has 1 aliphatic heterocycles. The maximum atomic E-state index is 10.0. The summed E-state index contributed by atoms with van der Waals surface area (Å²) in [5.74, 6) is 2.58. The van der Waals surface area contributed by atoms with E-state index in [-0.39, 0.29) is 12.2 Å². The van der Waals surface area contributed by atoms with Gasteiger partial charge in [0, 0.05) is 6.42 Å². The SMILES string of the molecule is C#C[C@]1(CO)O[C@H](n2cnc3c(N)ncnc32)C[C@@H]1O. The Kier molecular flexibility index (Phi) is 2.83. The summed E-state index contributed by atoms with van der Waals surface area (Å²) in [5, 5.41) is 19.4. The van der Waals surface area contributed by atoms with Crippen LogP contribution in [0.2, 0.25) is 0 Å². The molecule has 2 aromatic heterocycles. The Hall–Kier alpha value is -2.21. The van der Waals surface area contributed by atoms with Crippen LogP contribution in [-0.2, 0) is 4.74 Å². The van der Waals surface area contributed by atoms with Crippen molar-refractivity contribution in [2.45, 2.75) is 24.4 Å². The van der Waals surface area contributed by atoms with Crippen molar-refractivity contribution in [2.75, 3.05) is 12.3 Å². The maximum absolute atomic E-state index is 10.0. The van der Waals surface area contributed by atoms with Crippen molar-refractivity contribution in [2.24, 2.45) is 0 Å². The molecule has 0 aromatic carbocycles. The molecule has 0 saturated carbocycles. The van der Waals surface area contributed by atoms with Crippen LogP contribution in [0.1, 0.15) is 12.6 Å². The molecule has 0 amide bonds. The number of fused-ring (bicyclic) bond motifs is 1. The van der Waals surface area contributed by atoms with E-state index in [9.17, 15) is 10.2 Å². The van der Waals surface area contributed by atoms with Gasteiger partial charge in [-0.2, -0.15) is 0 Å². The first-order valence-corrected chi connectivity index (χ1v) is 5.99. The van der Waals surface area contributed by atoms with E-state index in [1.54, 1.807) is 4.57 Å². The molecular weight excluding hydrogens is 262 g/mol. The molecule has 4 N–H and O–H groups in total. The van der Waals surface area contributed by atoms with Gasteiger partial charge in [0.1, 0.15) is 24.2 Å². The molecule has 8 heteroatoms. The first-order valence-electron chi connectivity index (χ1n) is 5.99. The third kappa shape index (κ3) is 1.65. The molecule has 0 spiro atoms. The minimum atomic E-state index is -1.40. The fourth-order valence-electron chi connectivity index (χ4n) is 2.32.